The molecule has 2 aromatic rings. The number of hydrogen-bond donors (Lipinski definition) is 1. The maximum Gasteiger partial charge on any atom is 0.254 e. The summed E-state index contributed by atoms with van der Waals surface area (Å²) in [7, 11) is 0. The molecule has 0 saturated carbocycles. The molecule has 2 N–H and O–H groups in total. The first-order valence-electron chi connectivity index (χ1n) is 8.82. The van der Waals surface area contributed by atoms with E-state index in [1.807, 2.05) is 48.2 Å². The van der Waals surface area contributed by atoms with Gasteiger partial charge in [-0.05, 0) is 49.3 Å². The van der Waals surface area contributed by atoms with Crippen LogP contribution in [0.5, 0.6) is 0 Å². The van der Waals surface area contributed by atoms with Crippen molar-refractivity contribution in [1.82, 2.24) is 4.90 Å². The first kappa shape index (κ1) is 16.7. The standard InChI is InChI=1S/C21H26N2O/c1-16(22)19-11-7-13-23(15-19)21(24)20-12-6-5-10-18(20)14-17-8-3-2-4-9-17/h2-6,8-10,12,16,19H,7,11,13-15,22H2,1H3/t16-,19+/m0/s1. The van der Waals surface area contributed by atoms with Crippen molar-refractivity contribution in [3.05, 3.63) is 71.3 Å². The third-order valence-corrected chi connectivity index (χ3v) is 4.97. The molecule has 0 radical (unpaired) electrons. The fourth-order valence-corrected chi connectivity index (χ4v) is 3.49. The number of likely N-dealkylation sites (tertiary alicyclic amines) is 1. The molecule has 1 saturated heterocycles. The smallest absolute Gasteiger partial charge is 0.254 e. The van der Waals surface area contributed by atoms with Gasteiger partial charge in [0.05, 0.1) is 0 Å². The van der Waals surface area contributed by atoms with Gasteiger partial charge < -0.3 is 10.6 Å². The number of piperidine rings is 1. The van der Waals surface area contributed by atoms with Crippen LogP contribution in [-0.2, 0) is 6.42 Å². The summed E-state index contributed by atoms with van der Waals surface area (Å²) in [6, 6.07) is 18.4. The molecule has 1 heterocycles. The highest BCUT2D eigenvalue weighted by Gasteiger charge is 2.27. The molecule has 3 heteroatoms. The van der Waals surface area contributed by atoms with Crippen LogP contribution in [0.3, 0.4) is 0 Å². The Labute approximate surface area is 144 Å². The first-order chi connectivity index (χ1) is 11.6. The summed E-state index contributed by atoms with van der Waals surface area (Å²) in [4.78, 5) is 15.1. The Balaban J connectivity index is 1.80. The summed E-state index contributed by atoms with van der Waals surface area (Å²) < 4.78 is 0. The molecule has 2 atom stereocenters. The molecule has 0 aromatic heterocycles. The summed E-state index contributed by atoms with van der Waals surface area (Å²) in [5.41, 5.74) is 9.21. The van der Waals surface area contributed by atoms with E-state index in [0.29, 0.717) is 5.92 Å². The summed E-state index contributed by atoms with van der Waals surface area (Å²) >= 11 is 0. The maximum absolute atomic E-state index is 13.1. The van der Waals surface area contributed by atoms with Gasteiger partial charge in [-0.1, -0.05) is 48.5 Å². The molecule has 1 amide bonds. The minimum atomic E-state index is 0.139. The van der Waals surface area contributed by atoms with Crippen molar-refractivity contribution in [2.45, 2.75) is 32.2 Å². The molecule has 0 bridgehead atoms. The Morgan fingerprint density at radius 2 is 1.88 bits per heavy atom. The zero-order chi connectivity index (χ0) is 16.9. The Kier molecular flexibility index (Phi) is 5.31. The first-order valence-corrected chi connectivity index (χ1v) is 8.82. The SMILES string of the molecule is C[C@H](N)[C@@H]1CCCN(C(=O)c2ccccc2Cc2ccccc2)C1. The van der Waals surface area contributed by atoms with Gasteiger partial charge in [0.15, 0.2) is 0 Å². The molecule has 2 aromatic carbocycles. The fraction of sp³-hybridized carbons (Fsp3) is 0.381. The van der Waals surface area contributed by atoms with Gasteiger partial charge in [-0.3, -0.25) is 4.79 Å². The van der Waals surface area contributed by atoms with E-state index in [0.717, 1.165) is 43.5 Å². The van der Waals surface area contributed by atoms with Crippen LogP contribution in [0.1, 0.15) is 41.3 Å². The second-order valence-electron chi connectivity index (χ2n) is 6.83. The largest absolute Gasteiger partial charge is 0.338 e. The summed E-state index contributed by atoms with van der Waals surface area (Å²) in [6.45, 7) is 3.65. The van der Waals surface area contributed by atoms with E-state index in [-0.39, 0.29) is 11.9 Å². The average Bonchev–Trinajstić information content (AvgIpc) is 2.62. The van der Waals surface area contributed by atoms with Gasteiger partial charge in [0.2, 0.25) is 0 Å². The van der Waals surface area contributed by atoms with E-state index in [1.54, 1.807) is 0 Å². The van der Waals surface area contributed by atoms with Crippen molar-refractivity contribution < 1.29 is 4.79 Å². The molecule has 1 fully saturated rings. The molecule has 3 rings (SSSR count). The predicted molar refractivity (Wildman–Crippen MR) is 98.0 cm³/mol. The highest BCUT2D eigenvalue weighted by molar-refractivity contribution is 5.95. The van der Waals surface area contributed by atoms with Crippen LogP contribution in [-0.4, -0.2) is 29.9 Å². The zero-order valence-corrected chi connectivity index (χ0v) is 14.3. The number of nitrogens with two attached hydrogens (primary N) is 1. The van der Waals surface area contributed by atoms with Crippen molar-refractivity contribution in [1.29, 1.82) is 0 Å². The molecule has 0 spiro atoms. The minimum absolute atomic E-state index is 0.139. The van der Waals surface area contributed by atoms with Crippen molar-refractivity contribution in [3.63, 3.8) is 0 Å². The summed E-state index contributed by atoms with van der Waals surface area (Å²) in [5, 5.41) is 0. The van der Waals surface area contributed by atoms with Gasteiger partial charge >= 0.3 is 0 Å². The van der Waals surface area contributed by atoms with E-state index in [9.17, 15) is 4.79 Å². The summed E-state index contributed by atoms with van der Waals surface area (Å²) in [5.74, 6) is 0.552. The number of nitrogens with zero attached hydrogens (tertiary/aromatic N) is 1. The van der Waals surface area contributed by atoms with E-state index < -0.39 is 0 Å². The number of carbonyl (C=O) groups is 1. The molecular formula is C21H26N2O. The monoisotopic (exact) mass is 322 g/mol. The van der Waals surface area contributed by atoms with Crippen LogP contribution in [0.25, 0.3) is 0 Å². The third kappa shape index (κ3) is 3.85. The van der Waals surface area contributed by atoms with Crippen LogP contribution in [0, 0.1) is 5.92 Å². The zero-order valence-electron chi connectivity index (χ0n) is 14.3. The number of carbonyl (C=O) groups excluding carboxylic acids is 1. The van der Waals surface area contributed by atoms with E-state index in [1.165, 1.54) is 5.56 Å². The van der Waals surface area contributed by atoms with E-state index in [2.05, 4.69) is 18.2 Å². The quantitative estimate of drug-likeness (QED) is 0.937. The normalized spacial score (nSPS) is 19.1. The van der Waals surface area contributed by atoms with E-state index >= 15 is 0 Å². The van der Waals surface area contributed by atoms with Gasteiger partial charge in [0, 0.05) is 24.7 Å². The molecule has 1 aliphatic heterocycles. The molecule has 1 aliphatic rings. The van der Waals surface area contributed by atoms with Crippen LogP contribution >= 0.6 is 0 Å². The lowest BCUT2D eigenvalue weighted by Gasteiger charge is -2.35. The van der Waals surface area contributed by atoms with Gasteiger partial charge in [-0.2, -0.15) is 0 Å². The molecular weight excluding hydrogens is 296 g/mol. The van der Waals surface area contributed by atoms with Gasteiger partial charge in [-0.15, -0.1) is 0 Å². The number of amides is 1. The minimum Gasteiger partial charge on any atom is -0.338 e. The van der Waals surface area contributed by atoms with Crippen molar-refractivity contribution in [2.75, 3.05) is 13.1 Å². The highest BCUT2D eigenvalue weighted by Crippen LogP contribution is 2.22. The second-order valence-corrected chi connectivity index (χ2v) is 6.83. The van der Waals surface area contributed by atoms with Crippen LogP contribution in [0.15, 0.2) is 54.6 Å². The van der Waals surface area contributed by atoms with Crippen LogP contribution < -0.4 is 5.73 Å². The molecule has 24 heavy (non-hydrogen) atoms. The highest BCUT2D eigenvalue weighted by atomic mass is 16.2. The van der Waals surface area contributed by atoms with Crippen LogP contribution in [0.2, 0.25) is 0 Å². The van der Waals surface area contributed by atoms with Crippen LogP contribution in [0.4, 0.5) is 0 Å². The average molecular weight is 322 g/mol. The van der Waals surface area contributed by atoms with Crippen molar-refractivity contribution in [2.24, 2.45) is 11.7 Å². The molecule has 3 nitrogen and oxygen atoms in total. The second kappa shape index (κ2) is 7.63. The Hall–Kier alpha value is -2.13. The van der Waals surface area contributed by atoms with Gasteiger partial charge in [0.25, 0.3) is 5.91 Å². The predicted octanol–water partition coefficient (Wildman–Crippen LogP) is 3.48. The molecule has 0 unspecified atom stereocenters. The topological polar surface area (TPSA) is 46.3 Å². The lowest BCUT2D eigenvalue weighted by molar-refractivity contribution is 0.0660. The van der Waals surface area contributed by atoms with Gasteiger partial charge in [0.1, 0.15) is 0 Å². The van der Waals surface area contributed by atoms with Crippen molar-refractivity contribution >= 4 is 5.91 Å². The Bertz CT molecular complexity index is 681. The van der Waals surface area contributed by atoms with Crippen molar-refractivity contribution in [3.8, 4) is 0 Å². The lowest BCUT2D eigenvalue weighted by Crippen LogP contribution is -2.45. The number of rotatable bonds is 4. The fourth-order valence-electron chi connectivity index (χ4n) is 3.49. The Morgan fingerprint density at radius 1 is 1.17 bits per heavy atom. The Morgan fingerprint density at radius 3 is 2.62 bits per heavy atom. The maximum atomic E-state index is 13.1. The number of hydrogen-bond acceptors (Lipinski definition) is 2. The lowest BCUT2D eigenvalue weighted by atomic mass is 9.91. The molecule has 0 aliphatic carbocycles. The number of benzene rings is 2. The van der Waals surface area contributed by atoms with E-state index in [4.69, 9.17) is 5.73 Å². The summed E-state index contributed by atoms with van der Waals surface area (Å²) in [6.07, 6.45) is 2.94. The third-order valence-electron chi connectivity index (χ3n) is 4.97. The molecule has 126 valence electrons. The van der Waals surface area contributed by atoms with Gasteiger partial charge in [-0.25, -0.2) is 0 Å².